The first-order valence-corrected chi connectivity index (χ1v) is 11.6. The predicted molar refractivity (Wildman–Crippen MR) is 125 cm³/mol. The fraction of sp³-hybridized carbons (Fsp3) is 0.167. The summed E-state index contributed by atoms with van der Waals surface area (Å²) in [6.45, 7) is 3.43. The first-order chi connectivity index (χ1) is 15.3. The number of carbonyl (C=O) groups excluding carboxylic acids is 2. The molecule has 3 rings (SSSR count). The number of anilines is 2. The summed E-state index contributed by atoms with van der Waals surface area (Å²) in [6.07, 6.45) is 0.662. The molecule has 0 aliphatic rings. The summed E-state index contributed by atoms with van der Waals surface area (Å²) in [5.41, 5.74) is 2.37. The second-order valence-electron chi connectivity index (χ2n) is 7.30. The summed E-state index contributed by atoms with van der Waals surface area (Å²) in [4.78, 5) is 24.1. The van der Waals surface area contributed by atoms with E-state index in [-0.39, 0.29) is 28.0 Å². The normalized spacial score (nSPS) is 10.9. The molecule has 0 spiro atoms. The van der Waals surface area contributed by atoms with Gasteiger partial charge in [-0.1, -0.05) is 48.5 Å². The maximum absolute atomic E-state index is 13.1. The first-order valence-electron chi connectivity index (χ1n) is 10.1. The number of hydrogen-bond acceptors (Lipinski definition) is 4. The van der Waals surface area contributed by atoms with Crippen molar-refractivity contribution in [2.24, 2.45) is 0 Å². The van der Waals surface area contributed by atoms with Crippen LogP contribution in [0.1, 0.15) is 28.4 Å². The van der Waals surface area contributed by atoms with Gasteiger partial charge >= 0.3 is 0 Å². The summed E-state index contributed by atoms with van der Waals surface area (Å²) in [5.74, 6) is -0.675. The number of carbonyl (C=O) groups is 2. The molecule has 0 radical (unpaired) electrons. The lowest BCUT2D eigenvalue weighted by Gasteiger charge is -2.15. The Hall–Kier alpha value is -3.65. The Morgan fingerprint density at radius 2 is 1.59 bits per heavy atom. The van der Waals surface area contributed by atoms with Crippen molar-refractivity contribution in [2.45, 2.75) is 25.2 Å². The van der Waals surface area contributed by atoms with Crippen LogP contribution < -0.4 is 15.4 Å². The van der Waals surface area contributed by atoms with Crippen LogP contribution in [0.25, 0.3) is 0 Å². The molecular formula is C24H25N3O4S. The number of nitrogens with one attached hydrogen (secondary N) is 3. The highest BCUT2D eigenvalue weighted by molar-refractivity contribution is 7.92. The minimum Gasteiger partial charge on any atom is -0.352 e. The van der Waals surface area contributed by atoms with Crippen LogP contribution in [0.5, 0.6) is 0 Å². The molecule has 0 atom stereocenters. The number of sulfonamides is 1. The van der Waals surface area contributed by atoms with Crippen LogP contribution in [0.4, 0.5) is 11.4 Å². The Bertz CT molecular complexity index is 1230. The minimum atomic E-state index is -4.00. The molecule has 3 N–H and O–H groups in total. The van der Waals surface area contributed by atoms with Gasteiger partial charge < -0.3 is 10.6 Å². The summed E-state index contributed by atoms with van der Waals surface area (Å²) in [5, 5.41) is 5.41. The molecule has 0 saturated heterocycles. The van der Waals surface area contributed by atoms with Gasteiger partial charge in [0.05, 0.1) is 16.1 Å². The topological polar surface area (TPSA) is 104 Å². The average molecular weight is 452 g/mol. The molecule has 0 fully saturated rings. The molecule has 0 aliphatic heterocycles. The van der Waals surface area contributed by atoms with Gasteiger partial charge in [-0.15, -0.1) is 0 Å². The summed E-state index contributed by atoms with van der Waals surface area (Å²) in [6, 6.07) is 20.8. The van der Waals surface area contributed by atoms with Crippen molar-refractivity contribution in [2.75, 3.05) is 16.6 Å². The second kappa shape index (κ2) is 10.1. The number of hydrogen-bond donors (Lipinski definition) is 3. The van der Waals surface area contributed by atoms with E-state index in [0.29, 0.717) is 24.2 Å². The van der Waals surface area contributed by atoms with E-state index in [4.69, 9.17) is 0 Å². The third-order valence-corrected chi connectivity index (χ3v) is 6.26. The number of benzene rings is 3. The van der Waals surface area contributed by atoms with Gasteiger partial charge in [0.1, 0.15) is 0 Å². The van der Waals surface area contributed by atoms with Crippen LogP contribution in [0.2, 0.25) is 0 Å². The molecule has 2 amide bonds. The van der Waals surface area contributed by atoms with E-state index in [1.165, 1.54) is 19.1 Å². The van der Waals surface area contributed by atoms with E-state index in [9.17, 15) is 18.0 Å². The van der Waals surface area contributed by atoms with E-state index in [2.05, 4.69) is 15.4 Å². The fourth-order valence-electron chi connectivity index (χ4n) is 3.20. The van der Waals surface area contributed by atoms with Gasteiger partial charge in [-0.2, -0.15) is 0 Å². The van der Waals surface area contributed by atoms with Gasteiger partial charge in [0.2, 0.25) is 5.91 Å². The van der Waals surface area contributed by atoms with Crippen LogP contribution in [0.3, 0.4) is 0 Å². The van der Waals surface area contributed by atoms with Crippen LogP contribution in [0.15, 0.2) is 77.7 Å². The Morgan fingerprint density at radius 1 is 0.906 bits per heavy atom. The van der Waals surface area contributed by atoms with Crippen LogP contribution in [-0.4, -0.2) is 26.8 Å². The Balaban J connectivity index is 1.78. The molecule has 3 aromatic carbocycles. The summed E-state index contributed by atoms with van der Waals surface area (Å²) in [7, 11) is -4.00. The lowest BCUT2D eigenvalue weighted by molar-refractivity contribution is -0.114. The number of para-hydroxylation sites is 1. The van der Waals surface area contributed by atoms with E-state index >= 15 is 0 Å². The molecule has 32 heavy (non-hydrogen) atoms. The highest BCUT2D eigenvalue weighted by Crippen LogP contribution is 2.25. The van der Waals surface area contributed by atoms with Gasteiger partial charge in [-0.25, -0.2) is 8.42 Å². The Labute approximate surface area is 187 Å². The first kappa shape index (κ1) is 23.0. The zero-order valence-corrected chi connectivity index (χ0v) is 18.7. The van der Waals surface area contributed by atoms with E-state index in [0.717, 1.165) is 5.56 Å². The third-order valence-electron chi connectivity index (χ3n) is 4.76. The minimum absolute atomic E-state index is 0.0167. The Kier molecular flexibility index (Phi) is 7.27. The van der Waals surface area contributed by atoms with Gasteiger partial charge in [-0.3, -0.25) is 14.3 Å². The molecule has 8 heteroatoms. The van der Waals surface area contributed by atoms with Crippen molar-refractivity contribution < 1.29 is 18.0 Å². The maximum atomic E-state index is 13.1. The van der Waals surface area contributed by atoms with Crippen molar-refractivity contribution in [3.05, 3.63) is 89.5 Å². The van der Waals surface area contributed by atoms with Gasteiger partial charge in [0, 0.05) is 19.2 Å². The van der Waals surface area contributed by atoms with E-state index < -0.39 is 10.0 Å². The van der Waals surface area contributed by atoms with Crippen molar-refractivity contribution >= 4 is 33.2 Å². The SMILES string of the molecule is CC(=O)Nc1ccc(C)c(S(=O)(=O)Nc2ccccc2C(=O)NCCc2ccccc2)c1. The summed E-state index contributed by atoms with van der Waals surface area (Å²) < 4.78 is 28.7. The van der Waals surface area contributed by atoms with Crippen LogP contribution >= 0.6 is 0 Å². The number of aryl methyl sites for hydroxylation is 1. The summed E-state index contributed by atoms with van der Waals surface area (Å²) >= 11 is 0. The van der Waals surface area contributed by atoms with Crippen molar-refractivity contribution in [1.29, 1.82) is 0 Å². The molecule has 7 nitrogen and oxygen atoms in total. The van der Waals surface area contributed by atoms with Crippen molar-refractivity contribution in [3.63, 3.8) is 0 Å². The van der Waals surface area contributed by atoms with Crippen molar-refractivity contribution in [1.82, 2.24) is 5.32 Å². The lowest BCUT2D eigenvalue weighted by Crippen LogP contribution is -2.27. The molecule has 3 aromatic rings. The largest absolute Gasteiger partial charge is 0.352 e. The molecule has 0 heterocycles. The third kappa shape index (κ3) is 5.95. The number of amides is 2. The van der Waals surface area contributed by atoms with Crippen molar-refractivity contribution in [3.8, 4) is 0 Å². The molecule has 166 valence electrons. The smallest absolute Gasteiger partial charge is 0.262 e. The molecule has 0 aliphatic carbocycles. The monoisotopic (exact) mass is 451 g/mol. The van der Waals surface area contributed by atoms with Gasteiger partial charge in [-0.05, 0) is 48.7 Å². The lowest BCUT2D eigenvalue weighted by atomic mass is 10.1. The molecule has 0 saturated carbocycles. The van der Waals surface area contributed by atoms with Crippen LogP contribution in [-0.2, 0) is 21.2 Å². The highest BCUT2D eigenvalue weighted by Gasteiger charge is 2.21. The second-order valence-corrected chi connectivity index (χ2v) is 8.95. The highest BCUT2D eigenvalue weighted by atomic mass is 32.2. The molecule has 0 bridgehead atoms. The molecular weight excluding hydrogens is 426 g/mol. The van der Waals surface area contributed by atoms with E-state index in [1.807, 2.05) is 30.3 Å². The average Bonchev–Trinajstić information content (AvgIpc) is 2.75. The van der Waals surface area contributed by atoms with Crippen LogP contribution in [0, 0.1) is 6.92 Å². The quantitative estimate of drug-likeness (QED) is 0.485. The Morgan fingerprint density at radius 3 is 2.31 bits per heavy atom. The molecule has 0 unspecified atom stereocenters. The fourth-order valence-corrected chi connectivity index (χ4v) is 4.55. The van der Waals surface area contributed by atoms with Gasteiger partial charge in [0.25, 0.3) is 15.9 Å². The zero-order chi connectivity index (χ0) is 23.1. The maximum Gasteiger partial charge on any atom is 0.262 e. The predicted octanol–water partition coefficient (Wildman–Crippen LogP) is 3.73. The van der Waals surface area contributed by atoms with Gasteiger partial charge in [0.15, 0.2) is 0 Å². The number of rotatable bonds is 8. The van der Waals surface area contributed by atoms with E-state index in [1.54, 1.807) is 37.3 Å². The zero-order valence-electron chi connectivity index (χ0n) is 17.9. The molecule has 0 aromatic heterocycles. The standard InChI is InChI=1S/C24H25N3O4S/c1-17-12-13-20(26-18(2)28)16-23(17)32(30,31)27-22-11-7-6-10-21(22)24(29)25-15-14-19-8-4-3-5-9-19/h3-13,16,27H,14-15H2,1-2H3,(H,25,29)(H,26,28).